The number of hydrogen-bond acceptors (Lipinski definition) is 3. The van der Waals surface area contributed by atoms with Crippen LogP contribution in [-0.2, 0) is 4.79 Å². The van der Waals surface area contributed by atoms with Gasteiger partial charge >= 0.3 is 12.0 Å². The van der Waals surface area contributed by atoms with Gasteiger partial charge in [0.2, 0.25) is 0 Å². The number of hydrogen-bond donors (Lipinski definition) is 4. The van der Waals surface area contributed by atoms with Crippen LogP contribution in [-0.4, -0.2) is 40.9 Å². The van der Waals surface area contributed by atoms with E-state index in [2.05, 4.69) is 17.2 Å². The smallest absolute Gasteiger partial charge is 0.328 e. The third-order valence-electron chi connectivity index (χ3n) is 1.44. The van der Waals surface area contributed by atoms with Crippen LogP contribution >= 0.6 is 0 Å². The number of carboxylic acids is 1. The molecule has 0 bridgehead atoms. The van der Waals surface area contributed by atoms with Crippen molar-refractivity contribution in [1.29, 1.82) is 0 Å². The lowest BCUT2D eigenvalue weighted by molar-refractivity contribution is -0.141. The van der Waals surface area contributed by atoms with Crippen molar-refractivity contribution < 1.29 is 19.8 Å². The van der Waals surface area contributed by atoms with Crippen LogP contribution in [0.2, 0.25) is 0 Å². The molecular weight excluding hydrogens is 188 g/mol. The molecule has 6 nitrogen and oxygen atoms in total. The van der Waals surface area contributed by atoms with Crippen molar-refractivity contribution in [2.24, 2.45) is 0 Å². The minimum absolute atomic E-state index is 0.234. The minimum Gasteiger partial charge on any atom is -0.480 e. The first-order chi connectivity index (χ1) is 6.49. The second-order valence-electron chi connectivity index (χ2n) is 2.70. The Labute approximate surface area is 81.6 Å². The van der Waals surface area contributed by atoms with Crippen molar-refractivity contribution >= 4 is 12.0 Å². The Morgan fingerprint density at radius 2 is 2.14 bits per heavy atom. The fraction of sp³-hybridized carbons (Fsp3) is 0.500. The number of aliphatic hydroxyl groups is 1. The first kappa shape index (κ1) is 12.4. The van der Waals surface area contributed by atoms with E-state index in [-0.39, 0.29) is 6.54 Å². The largest absolute Gasteiger partial charge is 0.480 e. The molecular formula is C8H14N2O4. The molecule has 80 valence electrons. The van der Waals surface area contributed by atoms with Crippen molar-refractivity contribution in [2.45, 2.75) is 19.1 Å². The molecule has 0 aromatic carbocycles. The molecule has 2 amide bonds. The molecule has 0 aliphatic heterocycles. The Morgan fingerprint density at radius 3 is 2.50 bits per heavy atom. The van der Waals surface area contributed by atoms with Crippen LogP contribution < -0.4 is 10.6 Å². The van der Waals surface area contributed by atoms with Gasteiger partial charge in [0.05, 0.1) is 6.10 Å². The molecule has 14 heavy (non-hydrogen) atoms. The second-order valence-corrected chi connectivity index (χ2v) is 2.70. The summed E-state index contributed by atoms with van der Waals surface area (Å²) in [4.78, 5) is 21.5. The van der Waals surface area contributed by atoms with Gasteiger partial charge in [0.1, 0.15) is 0 Å². The van der Waals surface area contributed by atoms with E-state index >= 15 is 0 Å². The highest BCUT2D eigenvalue weighted by Gasteiger charge is 2.24. The quantitative estimate of drug-likeness (QED) is 0.443. The summed E-state index contributed by atoms with van der Waals surface area (Å²) >= 11 is 0. The average Bonchev–Trinajstić information content (AvgIpc) is 2.09. The first-order valence-electron chi connectivity index (χ1n) is 4.05. The van der Waals surface area contributed by atoms with Gasteiger partial charge in [-0.25, -0.2) is 9.59 Å². The number of amides is 2. The van der Waals surface area contributed by atoms with Crippen LogP contribution in [0.5, 0.6) is 0 Å². The Balaban J connectivity index is 4.09. The van der Waals surface area contributed by atoms with Gasteiger partial charge in [-0.1, -0.05) is 6.08 Å². The van der Waals surface area contributed by atoms with Gasteiger partial charge in [-0.2, -0.15) is 0 Å². The molecule has 0 aromatic heterocycles. The van der Waals surface area contributed by atoms with Gasteiger partial charge in [-0.15, -0.1) is 6.58 Å². The third-order valence-corrected chi connectivity index (χ3v) is 1.44. The number of carbonyl (C=O) groups is 2. The molecule has 0 fully saturated rings. The molecule has 6 heteroatoms. The standard InChI is InChI=1S/C8H14N2O4/c1-3-4-9-8(14)10-6(5(2)11)7(12)13/h3,5-6,11H,1,4H2,2H3,(H,12,13)(H2,9,10,14)/t5-,6+/m1/s1. The number of nitrogens with one attached hydrogen (secondary N) is 2. The summed E-state index contributed by atoms with van der Waals surface area (Å²) in [6, 6.07) is -1.96. The molecule has 0 aliphatic carbocycles. The molecule has 0 aliphatic rings. The molecule has 0 aromatic rings. The minimum atomic E-state index is -1.31. The summed E-state index contributed by atoms with van der Waals surface area (Å²) in [6.45, 7) is 4.89. The molecule has 0 unspecified atom stereocenters. The van der Waals surface area contributed by atoms with Crippen LogP contribution in [0.1, 0.15) is 6.92 Å². The molecule has 0 radical (unpaired) electrons. The van der Waals surface area contributed by atoms with Gasteiger partial charge < -0.3 is 20.8 Å². The van der Waals surface area contributed by atoms with E-state index in [1.165, 1.54) is 13.0 Å². The Morgan fingerprint density at radius 1 is 1.57 bits per heavy atom. The Hall–Kier alpha value is -1.56. The summed E-state index contributed by atoms with van der Waals surface area (Å²) in [7, 11) is 0. The molecule has 2 atom stereocenters. The second kappa shape index (κ2) is 5.98. The fourth-order valence-corrected chi connectivity index (χ4v) is 0.746. The van der Waals surface area contributed by atoms with Gasteiger partial charge in [0, 0.05) is 6.54 Å². The average molecular weight is 202 g/mol. The summed E-state index contributed by atoms with van der Waals surface area (Å²) in [5.74, 6) is -1.28. The van der Waals surface area contributed by atoms with E-state index in [4.69, 9.17) is 10.2 Å². The van der Waals surface area contributed by atoms with Crippen LogP contribution in [0, 0.1) is 0 Å². The molecule has 0 saturated heterocycles. The third kappa shape index (κ3) is 4.46. The lowest BCUT2D eigenvalue weighted by atomic mass is 10.2. The predicted octanol–water partition coefficient (Wildman–Crippen LogP) is -0.694. The van der Waals surface area contributed by atoms with Gasteiger partial charge in [-0.05, 0) is 6.92 Å². The molecule has 0 rings (SSSR count). The monoisotopic (exact) mass is 202 g/mol. The highest BCUT2D eigenvalue weighted by molar-refractivity contribution is 5.82. The number of aliphatic carboxylic acids is 1. The van der Waals surface area contributed by atoms with Crippen molar-refractivity contribution in [3.63, 3.8) is 0 Å². The van der Waals surface area contributed by atoms with E-state index < -0.39 is 24.1 Å². The number of aliphatic hydroxyl groups excluding tert-OH is 1. The topological polar surface area (TPSA) is 98.7 Å². The molecule has 0 heterocycles. The van der Waals surface area contributed by atoms with Gasteiger partial charge in [0.25, 0.3) is 0 Å². The maximum Gasteiger partial charge on any atom is 0.328 e. The number of urea groups is 1. The van der Waals surface area contributed by atoms with Gasteiger partial charge in [0.15, 0.2) is 6.04 Å². The lowest BCUT2D eigenvalue weighted by Crippen LogP contribution is -2.51. The van der Waals surface area contributed by atoms with Gasteiger partial charge in [-0.3, -0.25) is 0 Å². The molecule has 4 N–H and O–H groups in total. The zero-order valence-corrected chi connectivity index (χ0v) is 7.86. The summed E-state index contributed by atoms with van der Waals surface area (Å²) in [5.41, 5.74) is 0. The summed E-state index contributed by atoms with van der Waals surface area (Å²) in [5, 5.41) is 22.0. The van der Waals surface area contributed by atoms with Crippen molar-refractivity contribution in [2.75, 3.05) is 6.54 Å². The Kier molecular flexibility index (Phi) is 5.31. The number of carbonyl (C=O) groups excluding carboxylic acids is 1. The molecule has 0 saturated carbocycles. The predicted molar refractivity (Wildman–Crippen MR) is 49.8 cm³/mol. The van der Waals surface area contributed by atoms with Crippen LogP contribution in [0.3, 0.4) is 0 Å². The number of carboxylic acid groups (broad SMARTS) is 1. The van der Waals surface area contributed by atoms with Crippen molar-refractivity contribution in [3.8, 4) is 0 Å². The fourth-order valence-electron chi connectivity index (χ4n) is 0.746. The normalized spacial score (nSPS) is 13.9. The summed E-state index contributed by atoms with van der Waals surface area (Å²) < 4.78 is 0. The molecule has 0 spiro atoms. The highest BCUT2D eigenvalue weighted by Crippen LogP contribution is 1.92. The van der Waals surface area contributed by atoms with Crippen molar-refractivity contribution in [3.05, 3.63) is 12.7 Å². The summed E-state index contributed by atoms with van der Waals surface area (Å²) in [6.07, 6.45) is 0.305. The van der Waals surface area contributed by atoms with E-state index in [1.54, 1.807) is 0 Å². The zero-order valence-electron chi connectivity index (χ0n) is 7.86. The maximum absolute atomic E-state index is 11.0. The van der Waals surface area contributed by atoms with E-state index in [9.17, 15) is 9.59 Å². The van der Waals surface area contributed by atoms with Crippen molar-refractivity contribution in [1.82, 2.24) is 10.6 Å². The van der Waals surface area contributed by atoms with Crippen LogP contribution in [0.4, 0.5) is 4.79 Å². The SMILES string of the molecule is C=CCNC(=O)N[C@H](C(=O)O)[C@@H](C)O. The maximum atomic E-state index is 11.0. The Bertz CT molecular complexity index is 227. The first-order valence-corrected chi connectivity index (χ1v) is 4.05. The van der Waals surface area contributed by atoms with Crippen LogP contribution in [0.15, 0.2) is 12.7 Å². The van der Waals surface area contributed by atoms with Crippen LogP contribution in [0.25, 0.3) is 0 Å². The zero-order chi connectivity index (χ0) is 11.1. The van der Waals surface area contributed by atoms with E-state index in [0.717, 1.165) is 0 Å². The van der Waals surface area contributed by atoms with E-state index in [1.807, 2.05) is 0 Å². The van der Waals surface area contributed by atoms with E-state index in [0.29, 0.717) is 0 Å². The number of rotatable bonds is 5. The lowest BCUT2D eigenvalue weighted by Gasteiger charge is -2.16. The highest BCUT2D eigenvalue weighted by atomic mass is 16.4.